The van der Waals surface area contributed by atoms with Gasteiger partial charge >= 0.3 is 0 Å². The van der Waals surface area contributed by atoms with Crippen LogP contribution in [0, 0.1) is 0 Å². The van der Waals surface area contributed by atoms with E-state index in [1.165, 1.54) is 25.7 Å². The minimum atomic E-state index is 0.325. The Hall–Kier alpha value is -0.120. The maximum atomic E-state index is 9.16. The summed E-state index contributed by atoms with van der Waals surface area (Å²) in [7, 11) is 0. The molecule has 2 rings (SSSR count). The van der Waals surface area contributed by atoms with Crippen molar-refractivity contribution in [3.05, 3.63) is 0 Å². The molecule has 14 heavy (non-hydrogen) atoms. The lowest BCUT2D eigenvalue weighted by Crippen LogP contribution is -2.34. The highest BCUT2D eigenvalue weighted by Crippen LogP contribution is 2.20. The van der Waals surface area contributed by atoms with E-state index in [1.54, 1.807) is 0 Å². The van der Waals surface area contributed by atoms with Gasteiger partial charge in [-0.1, -0.05) is 0 Å². The van der Waals surface area contributed by atoms with E-state index in [1.807, 2.05) is 0 Å². The monoisotopic (exact) mass is 199 g/mol. The molecule has 0 bridgehead atoms. The number of rotatable bonds is 4. The van der Waals surface area contributed by atoms with E-state index in [2.05, 4.69) is 4.90 Å². The van der Waals surface area contributed by atoms with Gasteiger partial charge in [0.15, 0.2) is 0 Å². The van der Waals surface area contributed by atoms with Crippen LogP contribution in [-0.4, -0.2) is 48.5 Å². The van der Waals surface area contributed by atoms with Gasteiger partial charge in [-0.3, -0.25) is 4.90 Å². The zero-order valence-electron chi connectivity index (χ0n) is 8.82. The standard InChI is InChI=1S/C11H21NO2/c13-9-10-3-1-6-12(10)7-5-11-4-2-8-14-11/h10-11,13H,1-9H2/t10-,11?/m0/s1. The van der Waals surface area contributed by atoms with Crippen molar-refractivity contribution in [3.63, 3.8) is 0 Å². The van der Waals surface area contributed by atoms with Crippen LogP contribution >= 0.6 is 0 Å². The molecule has 2 aliphatic rings. The molecule has 0 aliphatic carbocycles. The fourth-order valence-corrected chi connectivity index (χ4v) is 2.58. The number of ether oxygens (including phenoxy) is 1. The SMILES string of the molecule is OC[C@@H]1CCCN1CCC1CCCO1. The Balaban J connectivity index is 1.68. The molecule has 0 aromatic heterocycles. The topological polar surface area (TPSA) is 32.7 Å². The van der Waals surface area contributed by atoms with Crippen molar-refractivity contribution in [3.8, 4) is 0 Å². The summed E-state index contributed by atoms with van der Waals surface area (Å²) in [5, 5.41) is 9.16. The van der Waals surface area contributed by atoms with Crippen molar-refractivity contribution in [1.29, 1.82) is 0 Å². The molecule has 2 atom stereocenters. The predicted molar refractivity (Wildman–Crippen MR) is 55.3 cm³/mol. The van der Waals surface area contributed by atoms with Gasteiger partial charge in [-0.2, -0.15) is 0 Å². The van der Waals surface area contributed by atoms with Gasteiger partial charge < -0.3 is 9.84 Å². The van der Waals surface area contributed by atoms with Crippen molar-refractivity contribution in [2.75, 3.05) is 26.3 Å². The number of hydrogen-bond donors (Lipinski definition) is 1. The smallest absolute Gasteiger partial charge is 0.0588 e. The number of nitrogens with zero attached hydrogens (tertiary/aromatic N) is 1. The lowest BCUT2D eigenvalue weighted by atomic mass is 10.1. The summed E-state index contributed by atoms with van der Waals surface area (Å²) in [5.74, 6) is 0. The second-order valence-electron chi connectivity index (χ2n) is 4.44. The molecule has 0 spiro atoms. The summed E-state index contributed by atoms with van der Waals surface area (Å²) in [6.07, 6.45) is 6.52. The van der Waals surface area contributed by atoms with Crippen LogP contribution in [0.25, 0.3) is 0 Å². The van der Waals surface area contributed by atoms with Crippen LogP contribution in [0.2, 0.25) is 0 Å². The molecule has 2 heterocycles. The summed E-state index contributed by atoms with van der Waals surface area (Å²) in [5.41, 5.74) is 0. The van der Waals surface area contributed by atoms with Crippen LogP contribution < -0.4 is 0 Å². The zero-order chi connectivity index (χ0) is 9.80. The number of hydrogen-bond acceptors (Lipinski definition) is 3. The van der Waals surface area contributed by atoms with E-state index in [4.69, 9.17) is 9.84 Å². The van der Waals surface area contributed by atoms with Crippen LogP contribution in [0.1, 0.15) is 32.1 Å². The first-order valence-electron chi connectivity index (χ1n) is 5.86. The normalized spacial score (nSPS) is 34.1. The largest absolute Gasteiger partial charge is 0.395 e. The van der Waals surface area contributed by atoms with Gasteiger partial charge in [-0.05, 0) is 38.6 Å². The Bertz CT molecular complexity index is 169. The quantitative estimate of drug-likeness (QED) is 0.733. The second-order valence-corrected chi connectivity index (χ2v) is 4.44. The lowest BCUT2D eigenvalue weighted by molar-refractivity contribution is 0.0833. The van der Waals surface area contributed by atoms with Gasteiger partial charge in [0.2, 0.25) is 0 Å². The van der Waals surface area contributed by atoms with Crippen molar-refractivity contribution in [1.82, 2.24) is 4.90 Å². The first-order chi connectivity index (χ1) is 6.90. The van der Waals surface area contributed by atoms with Gasteiger partial charge in [0.05, 0.1) is 12.7 Å². The third-order valence-corrected chi connectivity index (χ3v) is 3.47. The third-order valence-electron chi connectivity index (χ3n) is 3.47. The van der Waals surface area contributed by atoms with Crippen molar-refractivity contribution >= 4 is 0 Å². The minimum absolute atomic E-state index is 0.325. The molecule has 82 valence electrons. The molecule has 3 nitrogen and oxygen atoms in total. The highest BCUT2D eigenvalue weighted by Gasteiger charge is 2.25. The Morgan fingerprint density at radius 1 is 1.29 bits per heavy atom. The molecule has 1 N–H and O–H groups in total. The van der Waals surface area contributed by atoms with E-state index in [0.717, 1.165) is 26.1 Å². The summed E-state index contributed by atoms with van der Waals surface area (Å²) < 4.78 is 5.59. The summed E-state index contributed by atoms with van der Waals surface area (Å²) in [6.45, 7) is 3.55. The molecule has 0 saturated carbocycles. The van der Waals surface area contributed by atoms with Crippen molar-refractivity contribution in [2.24, 2.45) is 0 Å². The Kier molecular flexibility index (Phi) is 3.79. The highest BCUT2D eigenvalue weighted by atomic mass is 16.5. The molecular weight excluding hydrogens is 178 g/mol. The summed E-state index contributed by atoms with van der Waals surface area (Å²) >= 11 is 0. The molecule has 0 aromatic rings. The van der Waals surface area contributed by atoms with E-state index in [9.17, 15) is 0 Å². The van der Waals surface area contributed by atoms with E-state index in [-0.39, 0.29) is 0 Å². The molecule has 2 fully saturated rings. The summed E-state index contributed by atoms with van der Waals surface area (Å²) in [6, 6.07) is 0.427. The maximum absolute atomic E-state index is 9.16. The predicted octanol–water partition coefficient (Wildman–Crippen LogP) is 1.01. The molecule has 0 aromatic carbocycles. The number of aliphatic hydroxyl groups excluding tert-OH is 1. The van der Waals surface area contributed by atoms with Gasteiger partial charge in [0.25, 0.3) is 0 Å². The van der Waals surface area contributed by atoms with Gasteiger partial charge in [0.1, 0.15) is 0 Å². The average molecular weight is 199 g/mol. The average Bonchev–Trinajstić information content (AvgIpc) is 2.85. The van der Waals surface area contributed by atoms with Crippen molar-refractivity contribution < 1.29 is 9.84 Å². The maximum Gasteiger partial charge on any atom is 0.0588 e. The summed E-state index contributed by atoms with van der Waals surface area (Å²) in [4.78, 5) is 2.42. The minimum Gasteiger partial charge on any atom is -0.395 e. The van der Waals surface area contributed by atoms with Crippen LogP contribution in [0.5, 0.6) is 0 Å². The molecule has 0 radical (unpaired) electrons. The number of aliphatic hydroxyl groups is 1. The molecule has 2 aliphatic heterocycles. The fraction of sp³-hybridized carbons (Fsp3) is 1.00. The third kappa shape index (κ3) is 2.47. The number of likely N-dealkylation sites (tertiary alicyclic amines) is 1. The van der Waals surface area contributed by atoms with E-state index >= 15 is 0 Å². The fourth-order valence-electron chi connectivity index (χ4n) is 2.58. The molecular formula is C11H21NO2. The van der Waals surface area contributed by atoms with E-state index in [0.29, 0.717) is 18.8 Å². The van der Waals surface area contributed by atoms with Gasteiger partial charge in [0, 0.05) is 19.2 Å². The first-order valence-corrected chi connectivity index (χ1v) is 5.86. The first kappa shape index (κ1) is 10.4. The zero-order valence-corrected chi connectivity index (χ0v) is 8.82. The second kappa shape index (κ2) is 5.10. The van der Waals surface area contributed by atoms with Crippen LogP contribution in [0.3, 0.4) is 0 Å². The Morgan fingerprint density at radius 2 is 2.21 bits per heavy atom. The molecule has 3 heteroatoms. The molecule has 1 unspecified atom stereocenters. The molecule has 2 saturated heterocycles. The Labute approximate surface area is 86.0 Å². The van der Waals surface area contributed by atoms with Crippen LogP contribution in [0.15, 0.2) is 0 Å². The van der Waals surface area contributed by atoms with Crippen LogP contribution in [0.4, 0.5) is 0 Å². The van der Waals surface area contributed by atoms with Gasteiger partial charge in [-0.15, -0.1) is 0 Å². The Morgan fingerprint density at radius 3 is 2.93 bits per heavy atom. The van der Waals surface area contributed by atoms with Crippen LogP contribution in [-0.2, 0) is 4.74 Å². The molecule has 0 amide bonds. The van der Waals surface area contributed by atoms with Crippen molar-refractivity contribution in [2.45, 2.75) is 44.2 Å². The lowest BCUT2D eigenvalue weighted by Gasteiger charge is -2.23. The van der Waals surface area contributed by atoms with Gasteiger partial charge in [-0.25, -0.2) is 0 Å². The van der Waals surface area contributed by atoms with E-state index < -0.39 is 0 Å². The highest BCUT2D eigenvalue weighted by molar-refractivity contribution is 4.79.